The Hall–Kier alpha value is -3.36. The summed E-state index contributed by atoms with van der Waals surface area (Å²) in [5, 5.41) is 4.88. The summed E-state index contributed by atoms with van der Waals surface area (Å²) in [7, 11) is 1.58. The molecule has 0 bridgehead atoms. The number of carbonyl (C=O) groups excluding carboxylic acids is 2. The van der Waals surface area contributed by atoms with Gasteiger partial charge in [0.15, 0.2) is 6.61 Å². The van der Waals surface area contributed by atoms with Crippen molar-refractivity contribution in [3.8, 4) is 11.5 Å². The number of thiophene rings is 1. The number of hydrogen-bond donors (Lipinski definition) is 1. The smallest absolute Gasteiger partial charge is 0.262 e. The second-order valence-corrected chi connectivity index (χ2v) is 9.09. The Labute approximate surface area is 203 Å². The standard InChI is InChI=1S/C26H29N3O4S/c1-32-23-5-2-4-21(18-23)27-25(30)19-33-22-9-7-20(8-10-22)26(31)29-15-13-28(14-16-29)12-11-24-6-3-17-34-24/h2-10,17-18H,11-16,19H2,1H3,(H,27,30). The van der Waals surface area contributed by atoms with Crippen LogP contribution in [-0.2, 0) is 11.2 Å². The third-order valence-electron chi connectivity index (χ3n) is 5.74. The molecule has 2 amide bonds. The Bertz CT molecular complexity index is 1080. The van der Waals surface area contributed by atoms with Crippen molar-refractivity contribution in [1.29, 1.82) is 0 Å². The summed E-state index contributed by atoms with van der Waals surface area (Å²) in [6.07, 6.45) is 1.06. The highest BCUT2D eigenvalue weighted by Gasteiger charge is 2.22. The molecule has 7 nitrogen and oxygen atoms in total. The van der Waals surface area contributed by atoms with Crippen LogP contribution in [0.25, 0.3) is 0 Å². The lowest BCUT2D eigenvalue weighted by Crippen LogP contribution is -2.49. The third-order valence-corrected chi connectivity index (χ3v) is 6.67. The number of benzene rings is 2. The van der Waals surface area contributed by atoms with Crippen LogP contribution in [0.3, 0.4) is 0 Å². The van der Waals surface area contributed by atoms with Gasteiger partial charge in [-0.15, -0.1) is 11.3 Å². The van der Waals surface area contributed by atoms with Crippen LogP contribution in [-0.4, -0.2) is 68.1 Å². The average Bonchev–Trinajstić information content (AvgIpc) is 3.40. The van der Waals surface area contributed by atoms with Gasteiger partial charge in [0.05, 0.1) is 7.11 Å². The van der Waals surface area contributed by atoms with E-state index in [2.05, 4.69) is 27.7 Å². The lowest BCUT2D eigenvalue weighted by Gasteiger charge is -2.34. The molecule has 1 aromatic heterocycles. The third kappa shape index (κ3) is 6.59. The number of carbonyl (C=O) groups is 2. The van der Waals surface area contributed by atoms with Crippen LogP contribution in [0.15, 0.2) is 66.0 Å². The Morgan fingerprint density at radius 3 is 2.47 bits per heavy atom. The van der Waals surface area contributed by atoms with Crippen LogP contribution in [0.1, 0.15) is 15.2 Å². The van der Waals surface area contributed by atoms with E-state index in [0.29, 0.717) is 22.7 Å². The summed E-state index contributed by atoms with van der Waals surface area (Å²) < 4.78 is 10.7. The molecule has 2 heterocycles. The minimum absolute atomic E-state index is 0.0280. The van der Waals surface area contributed by atoms with Crippen LogP contribution in [0, 0.1) is 0 Å². The van der Waals surface area contributed by atoms with Gasteiger partial charge in [0.1, 0.15) is 11.5 Å². The van der Waals surface area contributed by atoms with E-state index in [4.69, 9.17) is 9.47 Å². The second-order valence-electron chi connectivity index (χ2n) is 8.06. The van der Waals surface area contributed by atoms with Gasteiger partial charge in [0.25, 0.3) is 11.8 Å². The molecule has 178 valence electrons. The van der Waals surface area contributed by atoms with E-state index in [-0.39, 0.29) is 18.4 Å². The molecule has 1 aliphatic rings. The highest BCUT2D eigenvalue weighted by atomic mass is 32.1. The van der Waals surface area contributed by atoms with Crippen molar-refractivity contribution < 1.29 is 19.1 Å². The molecule has 0 spiro atoms. The van der Waals surface area contributed by atoms with Gasteiger partial charge in [0, 0.05) is 54.9 Å². The van der Waals surface area contributed by atoms with Crippen LogP contribution in [0.4, 0.5) is 5.69 Å². The summed E-state index contributed by atoms with van der Waals surface area (Å²) in [4.78, 5) is 30.8. The van der Waals surface area contributed by atoms with E-state index in [1.165, 1.54) is 4.88 Å². The Morgan fingerprint density at radius 2 is 1.76 bits per heavy atom. The van der Waals surface area contributed by atoms with Crippen LogP contribution in [0.2, 0.25) is 0 Å². The number of piperazine rings is 1. The van der Waals surface area contributed by atoms with E-state index in [0.717, 1.165) is 39.1 Å². The average molecular weight is 480 g/mol. The van der Waals surface area contributed by atoms with Gasteiger partial charge in [-0.05, 0) is 54.3 Å². The quantitative estimate of drug-likeness (QED) is 0.506. The Balaban J connectivity index is 1.20. The predicted octanol–water partition coefficient (Wildman–Crippen LogP) is 3.77. The SMILES string of the molecule is COc1cccc(NC(=O)COc2ccc(C(=O)N3CCN(CCc4cccs4)CC3)cc2)c1. The molecule has 0 atom stereocenters. The molecule has 8 heteroatoms. The first kappa shape index (κ1) is 23.8. The lowest BCUT2D eigenvalue weighted by atomic mass is 10.1. The predicted molar refractivity (Wildman–Crippen MR) is 134 cm³/mol. The highest BCUT2D eigenvalue weighted by Crippen LogP contribution is 2.18. The molecule has 1 fully saturated rings. The number of methoxy groups -OCH3 is 1. The first-order valence-electron chi connectivity index (χ1n) is 11.3. The molecule has 1 N–H and O–H groups in total. The molecule has 0 radical (unpaired) electrons. The molecule has 0 unspecified atom stereocenters. The highest BCUT2D eigenvalue weighted by molar-refractivity contribution is 7.09. The number of rotatable bonds is 9. The zero-order valence-electron chi connectivity index (χ0n) is 19.2. The zero-order chi connectivity index (χ0) is 23.8. The fraction of sp³-hybridized carbons (Fsp3) is 0.308. The van der Waals surface area contributed by atoms with Crippen molar-refractivity contribution in [3.63, 3.8) is 0 Å². The molecule has 2 aromatic carbocycles. The molecule has 1 saturated heterocycles. The number of amides is 2. The zero-order valence-corrected chi connectivity index (χ0v) is 20.1. The van der Waals surface area contributed by atoms with E-state index in [1.54, 1.807) is 67.0 Å². The fourth-order valence-corrected chi connectivity index (χ4v) is 4.52. The van der Waals surface area contributed by atoms with Gasteiger partial charge in [-0.1, -0.05) is 12.1 Å². The number of nitrogens with zero attached hydrogens (tertiary/aromatic N) is 2. The first-order chi connectivity index (χ1) is 16.6. The van der Waals surface area contributed by atoms with Gasteiger partial charge in [-0.3, -0.25) is 14.5 Å². The molecule has 34 heavy (non-hydrogen) atoms. The van der Waals surface area contributed by atoms with Crippen molar-refractivity contribution in [2.75, 3.05) is 51.8 Å². The maximum atomic E-state index is 12.9. The Kier molecular flexibility index (Phi) is 8.17. The number of anilines is 1. The van der Waals surface area contributed by atoms with Crippen molar-refractivity contribution in [2.24, 2.45) is 0 Å². The molecule has 1 aliphatic heterocycles. The monoisotopic (exact) mass is 479 g/mol. The van der Waals surface area contributed by atoms with Gasteiger partial charge < -0.3 is 19.7 Å². The lowest BCUT2D eigenvalue weighted by molar-refractivity contribution is -0.118. The minimum Gasteiger partial charge on any atom is -0.497 e. The van der Waals surface area contributed by atoms with Crippen molar-refractivity contribution in [1.82, 2.24) is 9.80 Å². The van der Waals surface area contributed by atoms with Crippen molar-refractivity contribution in [2.45, 2.75) is 6.42 Å². The molecular weight excluding hydrogens is 450 g/mol. The fourth-order valence-electron chi connectivity index (χ4n) is 3.82. The first-order valence-corrected chi connectivity index (χ1v) is 12.2. The minimum atomic E-state index is -0.273. The maximum Gasteiger partial charge on any atom is 0.262 e. The summed E-state index contributed by atoms with van der Waals surface area (Å²) >= 11 is 1.79. The Morgan fingerprint density at radius 1 is 0.971 bits per heavy atom. The molecule has 3 aromatic rings. The van der Waals surface area contributed by atoms with E-state index >= 15 is 0 Å². The van der Waals surface area contributed by atoms with Gasteiger partial charge in [0.2, 0.25) is 0 Å². The van der Waals surface area contributed by atoms with Crippen LogP contribution >= 0.6 is 11.3 Å². The summed E-state index contributed by atoms with van der Waals surface area (Å²) in [5.41, 5.74) is 1.26. The van der Waals surface area contributed by atoms with Gasteiger partial charge in [-0.25, -0.2) is 0 Å². The van der Waals surface area contributed by atoms with Crippen molar-refractivity contribution in [3.05, 3.63) is 76.5 Å². The van der Waals surface area contributed by atoms with E-state index < -0.39 is 0 Å². The summed E-state index contributed by atoms with van der Waals surface area (Å²) in [6.45, 7) is 4.14. The summed E-state index contributed by atoms with van der Waals surface area (Å²) in [6, 6.07) is 18.3. The summed E-state index contributed by atoms with van der Waals surface area (Å²) in [5.74, 6) is 0.958. The van der Waals surface area contributed by atoms with E-state index in [1.807, 2.05) is 4.90 Å². The normalized spacial score (nSPS) is 14.0. The number of nitrogens with one attached hydrogen (secondary N) is 1. The maximum absolute atomic E-state index is 12.9. The largest absolute Gasteiger partial charge is 0.497 e. The topological polar surface area (TPSA) is 71.1 Å². The molecular formula is C26H29N3O4S. The van der Waals surface area contributed by atoms with E-state index in [9.17, 15) is 9.59 Å². The number of ether oxygens (including phenoxy) is 2. The van der Waals surface area contributed by atoms with Crippen LogP contribution < -0.4 is 14.8 Å². The molecule has 4 rings (SSSR count). The molecule has 0 aliphatic carbocycles. The van der Waals surface area contributed by atoms with Gasteiger partial charge >= 0.3 is 0 Å². The number of hydrogen-bond acceptors (Lipinski definition) is 6. The second kappa shape index (κ2) is 11.7. The molecule has 0 saturated carbocycles. The van der Waals surface area contributed by atoms with Crippen molar-refractivity contribution >= 4 is 28.8 Å². The van der Waals surface area contributed by atoms with Crippen LogP contribution in [0.5, 0.6) is 11.5 Å². The van der Waals surface area contributed by atoms with Gasteiger partial charge in [-0.2, -0.15) is 0 Å².